The lowest BCUT2D eigenvalue weighted by Crippen LogP contribution is -2.63. The van der Waals surface area contributed by atoms with Crippen LogP contribution in [0.15, 0.2) is 53.9 Å². The number of hydrogen-bond donors (Lipinski definition) is 1. The summed E-state index contributed by atoms with van der Waals surface area (Å²) in [6.45, 7) is 7.35. The van der Waals surface area contributed by atoms with E-state index in [-0.39, 0.29) is 18.6 Å². The number of halogens is 1. The Labute approximate surface area is 303 Å². The van der Waals surface area contributed by atoms with Gasteiger partial charge in [-0.15, -0.1) is 35.1 Å². The summed E-state index contributed by atoms with van der Waals surface area (Å²) in [4.78, 5) is 35.6. The lowest BCUT2D eigenvalue weighted by atomic mass is 9.70. The summed E-state index contributed by atoms with van der Waals surface area (Å²) in [5.74, 6) is 3.63. The number of benzene rings is 2. The van der Waals surface area contributed by atoms with E-state index in [2.05, 4.69) is 58.5 Å². The van der Waals surface area contributed by atoms with E-state index < -0.39 is 0 Å². The van der Waals surface area contributed by atoms with Crippen LogP contribution in [0.3, 0.4) is 0 Å². The first kappa shape index (κ1) is 36.2. The van der Waals surface area contributed by atoms with Gasteiger partial charge in [0.25, 0.3) is 0 Å². The van der Waals surface area contributed by atoms with Crippen molar-refractivity contribution in [2.75, 3.05) is 33.3 Å². The number of Topliss-reactive ketones (excluding diaryl/α,β-unsaturated/α-hetero) is 1. The van der Waals surface area contributed by atoms with E-state index in [0.717, 1.165) is 28.9 Å². The zero-order valence-corrected chi connectivity index (χ0v) is 31.0. The van der Waals surface area contributed by atoms with Gasteiger partial charge in [-0.3, -0.25) is 14.6 Å². The number of ether oxygens (including phenoxy) is 1. The molecule has 6 saturated heterocycles. The lowest BCUT2D eigenvalue weighted by molar-refractivity contribution is -0.191. The third-order valence-corrected chi connectivity index (χ3v) is 14.6. The van der Waals surface area contributed by atoms with Gasteiger partial charge in [-0.1, -0.05) is 30.3 Å². The minimum atomic E-state index is 0. The highest BCUT2D eigenvalue weighted by atomic mass is 35.5. The normalized spacial score (nSPS) is 28.6. The SMILES string of the molecule is COc1cccc2ccsc12.Cc1cccc2cc(C(=O)C[C@@H]3C4CCN(CC4)C34CC4)sc12.Cl.N[C@@H]1C2CCN(CC2)C12CC2.O=C=O. The molecule has 8 heterocycles. The van der Waals surface area contributed by atoms with Crippen LogP contribution in [0, 0.1) is 24.7 Å². The molecule has 0 unspecified atom stereocenters. The molecule has 6 aliphatic heterocycles. The molecule has 2 saturated carbocycles. The fourth-order valence-electron chi connectivity index (χ4n) is 9.50. The summed E-state index contributed by atoms with van der Waals surface area (Å²) in [5, 5.41) is 4.57. The standard InChI is InChI=1S/C20H23NOS.C9H16N2.C9H8OS.CO2.ClH/c1-13-3-2-4-15-11-18(23-19(13)15)17(22)12-16-14-5-9-21(10-6-14)20(16)7-8-20;10-8-7-1-5-11(6-2-7)9(8)3-4-9;1-10-8-4-2-3-7-5-6-11-9(7)8;2-1-3;/h2-4,11,14,16H,5-10,12H2,1H3;7-8H,1-6,10H2;2-6H,1H3;;1H/t16-;8-;;;/m11.../s1. The molecule has 0 radical (unpaired) electrons. The minimum Gasteiger partial charge on any atom is -0.495 e. The second-order valence-electron chi connectivity index (χ2n) is 14.6. The summed E-state index contributed by atoms with van der Waals surface area (Å²) in [6, 6.07) is 17.2. The van der Waals surface area contributed by atoms with Crippen LogP contribution in [-0.2, 0) is 9.59 Å². The number of nitrogens with zero attached hydrogens (tertiary/aromatic N) is 2. The van der Waals surface area contributed by atoms with E-state index in [9.17, 15) is 4.79 Å². The maximum absolute atomic E-state index is 13.0. The average molecular weight is 722 g/mol. The molecular formula is C39H48ClN3O4S2. The Hall–Kier alpha value is -2.62. The number of fused-ring (bicyclic) bond motifs is 6. The predicted molar refractivity (Wildman–Crippen MR) is 200 cm³/mol. The number of thiophene rings is 2. The molecule has 0 amide bonds. The van der Waals surface area contributed by atoms with Gasteiger partial charge >= 0.3 is 6.15 Å². The van der Waals surface area contributed by atoms with Crippen molar-refractivity contribution in [1.29, 1.82) is 0 Å². The van der Waals surface area contributed by atoms with E-state index in [1.807, 2.05) is 12.1 Å². The van der Waals surface area contributed by atoms with Gasteiger partial charge < -0.3 is 10.5 Å². The van der Waals surface area contributed by atoms with Crippen molar-refractivity contribution in [3.63, 3.8) is 0 Å². The topological polar surface area (TPSA) is 92.9 Å². The fraction of sp³-hybridized carbons (Fsp3) is 0.538. The summed E-state index contributed by atoms with van der Waals surface area (Å²) in [5.41, 5.74) is 8.44. The van der Waals surface area contributed by atoms with Gasteiger partial charge in [0, 0.05) is 28.2 Å². The molecule has 49 heavy (non-hydrogen) atoms. The van der Waals surface area contributed by atoms with Crippen LogP contribution in [0.4, 0.5) is 0 Å². The summed E-state index contributed by atoms with van der Waals surface area (Å²) in [7, 11) is 1.70. The number of piperidine rings is 6. The predicted octanol–water partition coefficient (Wildman–Crippen LogP) is 7.98. The molecule has 8 fully saturated rings. The second kappa shape index (κ2) is 14.9. The molecule has 262 valence electrons. The molecule has 2 spiro atoms. The molecule has 2 aromatic carbocycles. The molecule has 4 aromatic rings. The molecule has 2 aromatic heterocycles. The van der Waals surface area contributed by atoms with Crippen LogP contribution in [0.25, 0.3) is 20.2 Å². The third-order valence-electron chi connectivity index (χ3n) is 12.3. The Morgan fingerprint density at radius 3 is 2.04 bits per heavy atom. The monoisotopic (exact) mass is 721 g/mol. The minimum absolute atomic E-state index is 0. The maximum Gasteiger partial charge on any atom is 0.373 e. The Morgan fingerprint density at radius 1 is 0.878 bits per heavy atom. The van der Waals surface area contributed by atoms with Gasteiger partial charge in [-0.25, -0.2) is 0 Å². The van der Waals surface area contributed by atoms with Crippen LogP contribution in [0.5, 0.6) is 5.75 Å². The number of carbonyl (C=O) groups is 1. The van der Waals surface area contributed by atoms with Crippen molar-refractivity contribution in [2.45, 2.75) is 81.8 Å². The number of rotatable bonds is 4. The van der Waals surface area contributed by atoms with Crippen molar-refractivity contribution in [3.05, 3.63) is 64.4 Å². The largest absolute Gasteiger partial charge is 0.495 e. The van der Waals surface area contributed by atoms with E-state index in [4.69, 9.17) is 20.1 Å². The quantitative estimate of drug-likeness (QED) is 0.214. The summed E-state index contributed by atoms with van der Waals surface area (Å²) < 4.78 is 7.71. The van der Waals surface area contributed by atoms with Gasteiger partial charge in [-0.05, 0) is 142 Å². The smallest absolute Gasteiger partial charge is 0.373 e. The van der Waals surface area contributed by atoms with E-state index in [1.54, 1.807) is 29.8 Å². The number of nitrogens with two attached hydrogens (primary N) is 1. The molecule has 8 aliphatic rings. The van der Waals surface area contributed by atoms with Crippen molar-refractivity contribution in [3.8, 4) is 5.75 Å². The fourth-order valence-corrected chi connectivity index (χ4v) is 11.5. The Balaban J connectivity index is 0.000000134. The zero-order valence-electron chi connectivity index (χ0n) is 28.5. The average Bonchev–Trinajstić information content (AvgIpc) is 3.98. The molecule has 2 aliphatic carbocycles. The Bertz CT molecular complexity index is 1790. The van der Waals surface area contributed by atoms with E-state index >= 15 is 0 Å². The van der Waals surface area contributed by atoms with Crippen LogP contribution in [0.1, 0.15) is 73.0 Å². The van der Waals surface area contributed by atoms with Gasteiger partial charge in [0.2, 0.25) is 0 Å². The van der Waals surface area contributed by atoms with Gasteiger partial charge in [0.05, 0.1) is 16.7 Å². The van der Waals surface area contributed by atoms with Crippen molar-refractivity contribution in [2.24, 2.45) is 23.5 Å². The van der Waals surface area contributed by atoms with Crippen molar-refractivity contribution < 1.29 is 19.1 Å². The first-order chi connectivity index (χ1) is 23.3. The first-order valence-corrected chi connectivity index (χ1v) is 19.3. The first-order valence-electron chi connectivity index (χ1n) is 17.6. The highest BCUT2D eigenvalue weighted by Crippen LogP contribution is 2.59. The molecule has 12 rings (SSSR count). The number of hydrogen-bond acceptors (Lipinski definition) is 9. The number of aryl methyl sites for hydroxylation is 1. The number of carbonyl (C=O) groups excluding carboxylic acids is 3. The Kier molecular flexibility index (Phi) is 11.0. The van der Waals surface area contributed by atoms with Crippen molar-refractivity contribution >= 4 is 67.2 Å². The molecule has 7 nitrogen and oxygen atoms in total. The Morgan fingerprint density at radius 2 is 1.47 bits per heavy atom. The van der Waals surface area contributed by atoms with Crippen LogP contribution in [-0.4, -0.2) is 72.1 Å². The van der Waals surface area contributed by atoms with E-state index in [0.29, 0.717) is 28.8 Å². The molecule has 10 heteroatoms. The van der Waals surface area contributed by atoms with Crippen LogP contribution < -0.4 is 10.5 Å². The maximum atomic E-state index is 13.0. The highest BCUT2D eigenvalue weighted by Gasteiger charge is 2.60. The second-order valence-corrected chi connectivity index (χ2v) is 16.6. The van der Waals surface area contributed by atoms with Gasteiger partial charge in [0.1, 0.15) is 5.75 Å². The number of ketones is 1. The van der Waals surface area contributed by atoms with E-state index in [1.165, 1.54) is 103 Å². The highest BCUT2D eigenvalue weighted by molar-refractivity contribution is 7.21. The summed E-state index contributed by atoms with van der Waals surface area (Å²) in [6.07, 6.45) is 11.8. The summed E-state index contributed by atoms with van der Waals surface area (Å²) >= 11 is 3.41. The van der Waals surface area contributed by atoms with Gasteiger partial charge in [0.15, 0.2) is 5.78 Å². The molecule has 2 atom stereocenters. The van der Waals surface area contributed by atoms with Crippen molar-refractivity contribution in [1.82, 2.24) is 9.80 Å². The number of methoxy groups -OCH3 is 1. The molecule has 4 bridgehead atoms. The molecule has 2 N–H and O–H groups in total. The molecular weight excluding hydrogens is 674 g/mol. The lowest BCUT2D eigenvalue weighted by Gasteiger charge is -2.52. The zero-order chi connectivity index (χ0) is 33.5. The third kappa shape index (κ3) is 6.88. The van der Waals surface area contributed by atoms with Crippen LogP contribution >= 0.6 is 35.1 Å². The van der Waals surface area contributed by atoms with Gasteiger partial charge in [-0.2, -0.15) is 9.59 Å². The van der Waals surface area contributed by atoms with Crippen LogP contribution in [0.2, 0.25) is 0 Å².